The zero-order chi connectivity index (χ0) is 17.9. The van der Waals surface area contributed by atoms with E-state index in [1.54, 1.807) is 19.1 Å². The lowest BCUT2D eigenvalue weighted by molar-refractivity contribution is 0.0526. The van der Waals surface area contributed by atoms with E-state index in [1.165, 1.54) is 11.3 Å². The molecule has 1 N–H and O–H groups in total. The number of anilines is 1. The van der Waals surface area contributed by atoms with Crippen molar-refractivity contribution in [2.24, 2.45) is 0 Å². The first-order valence-corrected chi connectivity index (χ1v) is 8.67. The van der Waals surface area contributed by atoms with E-state index in [-0.39, 0.29) is 11.4 Å². The zero-order valence-electron chi connectivity index (χ0n) is 15.0. The van der Waals surface area contributed by atoms with Gasteiger partial charge < -0.3 is 10.1 Å². The average Bonchev–Trinajstić information content (AvgIpc) is 2.60. The van der Waals surface area contributed by atoms with Gasteiger partial charge in [-0.05, 0) is 60.7 Å². The second-order valence-electron chi connectivity index (χ2n) is 6.87. The molecule has 0 unspecified atom stereocenters. The minimum Gasteiger partial charge on any atom is -0.462 e. The third kappa shape index (κ3) is 3.85. The van der Waals surface area contributed by atoms with E-state index in [1.807, 2.05) is 12.1 Å². The fraction of sp³-hybridized carbons (Fsp3) is 0.318. The Hall–Kier alpha value is -2.73. The largest absolute Gasteiger partial charge is 0.462 e. The maximum absolute atomic E-state index is 11.7. The molecule has 128 valence electrons. The summed E-state index contributed by atoms with van der Waals surface area (Å²) in [6, 6.07) is 13.6. The normalized spacial score (nSPS) is 14.5. The van der Waals surface area contributed by atoms with Crippen LogP contribution in [-0.2, 0) is 10.2 Å². The maximum atomic E-state index is 11.7. The molecule has 3 heteroatoms. The molecule has 0 bridgehead atoms. The molecule has 0 atom stereocenters. The van der Waals surface area contributed by atoms with Gasteiger partial charge in [0.15, 0.2) is 0 Å². The summed E-state index contributed by atoms with van der Waals surface area (Å²) >= 11 is 0. The van der Waals surface area contributed by atoms with Crippen molar-refractivity contribution in [3.63, 3.8) is 0 Å². The van der Waals surface area contributed by atoms with Crippen molar-refractivity contribution in [1.82, 2.24) is 0 Å². The number of benzene rings is 2. The van der Waals surface area contributed by atoms with Crippen molar-refractivity contribution in [2.45, 2.75) is 32.6 Å². The fourth-order valence-electron chi connectivity index (χ4n) is 3.05. The molecular weight excluding hydrogens is 310 g/mol. The van der Waals surface area contributed by atoms with Crippen LogP contribution in [0.5, 0.6) is 0 Å². The highest BCUT2D eigenvalue weighted by atomic mass is 16.5. The zero-order valence-corrected chi connectivity index (χ0v) is 15.0. The second-order valence-corrected chi connectivity index (χ2v) is 6.87. The molecule has 0 saturated carbocycles. The molecular formula is C22H23NO2. The van der Waals surface area contributed by atoms with Crippen LogP contribution in [0, 0.1) is 11.8 Å². The Bertz CT molecular complexity index is 839. The molecule has 0 radical (unpaired) electrons. The molecule has 1 heterocycles. The van der Waals surface area contributed by atoms with Gasteiger partial charge >= 0.3 is 5.97 Å². The molecule has 1 aliphatic heterocycles. The average molecular weight is 333 g/mol. The van der Waals surface area contributed by atoms with Crippen LogP contribution in [0.3, 0.4) is 0 Å². The van der Waals surface area contributed by atoms with Crippen molar-refractivity contribution in [1.29, 1.82) is 0 Å². The number of hydrogen-bond donors (Lipinski definition) is 1. The van der Waals surface area contributed by atoms with Crippen molar-refractivity contribution in [2.75, 3.05) is 18.5 Å². The molecule has 0 aromatic heterocycles. The SMILES string of the molecule is CCOC(=O)c1ccc(C#Cc2ccc3c(c2)NCCC3(C)C)cc1. The smallest absolute Gasteiger partial charge is 0.338 e. The number of fused-ring (bicyclic) bond motifs is 1. The molecule has 0 aliphatic carbocycles. The Labute approximate surface area is 149 Å². The molecule has 0 fully saturated rings. The minimum absolute atomic E-state index is 0.204. The predicted octanol–water partition coefficient (Wildman–Crippen LogP) is 4.36. The fourth-order valence-corrected chi connectivity index (χ4v) is 3.05. The number of ether oxygens (including phenoxy) is 1. The Kier molecular flexibility index (Phi) is 4.81. The first-order valence-electron chi connectivity index (χ1n) is 8.67. The standard InChI is InChI=1S/C22H23NO2/c1-4-25-21(24)18-10-7-16(8-11-18)5-6-17-9-12-19-20(15-17)23-14-13-22(19,2)3/h7-12,15,23H,4,13-14H2,1-3H3. The van der Waals surface area contributed by atoms with Crippen molar-refractivity contribution in [3.8, 4) is 11.8 Å². The molecule has 25 heavy (non-hydrogen) atoms. The number of esters is 1. The van der Waals surface area contributed by atoms with E-state index in [2.05, 4.69) is 49.2 Å². The summed E-state index contributed by atoms with van der Waals surface area (Å²) < 4.78 is 4.98. The van der Waals surface area contributed by atoms with Crippen LogP contribution < -0.4 is 5.32 Å². The van der Waals surface area contributed by atoms with Gasteiger partial charge in [0, 0.05) is 23.4 Å². The Morgan fingerprint density at radius 2 is 1.80 bits per heavy atom. The molecule has 3 nitrogen and oxygen atoms in total. The van der Waals surface area contributed by atoms with E-state index >= 15 is 0 Å². The van der Waals surface area contributed by atoms with Gasteiger partial charge in [0.05, 0.1) is 12.2 Å². The van der Waals surface area contributed by atoms with Crippen molar-refractivity contribution >= 4 is 11.7 Å². The summed E-state index contributed by atoms with van der Waals surface area (Å²) in [7, 11) is 0. The summed E-state index contributed by atoms with van der Waals surface area (Å²) in [5, 5.41) is 3.47. The lowest BCUT2D eigenvalue weighted by Gasteiger charge is -2.33. The van der Waals surface area contributed by atoms with Gasteiger partial charge in [-0.3, -0.25) is 0 Å². The molecule has 0 saturated heterocycles. The van der Waals surface area contributed by atoms with Crippen LogP contribution in [0.15, 0.2) is 42.5 Å². The Morgan fingerprint density at radius 3 is 2.52 bits per heavy atom. The Balaban J connectivity index is 1.79. The highest BCUT2D eigenvalue weighted by molar-refractivity contribution is 5.89. The van der Waals surface area contributed by atoms with Crippen molar-refractivity contribution < 1.29 is 9.53 Å². The maximum Gasteiger partial charge on any atom is 0.338 e. The molecule has 0 amide bonds. The quantitative estimate of drug-likeness (QED) is 0.656. The summed E-state index contributed by atoms with van der Waals surface area (Å²) in [4.78, 5) is 11.7. The van der Waals surface area contributed by atoms with Crippen LogP contribution in [0.4, 0.5) is 5.69 Å². The third-order valence-corrected chi connectivity index (χ3v) is 4.56. The molecule has 2 aromatic carbocycles. The monoisotopic (exact) mass is 333 g/mol. The molecule has 3 rings (SSSR count). The lowest BCUT2D eigenvalue weighted by atomic mass is 9.78. The molecule has 1 aliphatic rings. The first-order chi connectivity index (χ1) is 12.0. The summed E-state index contributed by atoms with van der Waals surface area (Å²) in [5.41, 5.74) is 5.14. The highest BCUT2D eigenvalue weighted by Crippen LogP contribution is 2.36. The first kappa shape index (κ1) is 17.1. The topological polar surface area (TPSA) is 38.3 Å². The van der Waals surface area contributed by atoms with Gasteiger partial charge in [0.2, 0.25) is 0 Å². The number of hydrogen-bond acceptors (Lipinski definition) is 3. The van der Waals surface area contributed by atoms with E-state index in [0.29, 0.717) is 12.2 Å². The minimum atomic E-state index is -0.301. The van der Waals surface area contributed by atoms with Gasteiger partial charge in [-0.25, -0.2) is 4.79 Å². The van der Waals surface area contributed by atoms with E-state index < -0.39 is 0 Å². The number of carbonyl (C=O) groups excluding carboxylic acids is 1. The lowest BCUT2D eigenvalue weighted by Crippen LogP contribution is -2.28. The predicted molar refractivity (Wildman–Crippen MR) is 101 cm³/mol. The molecule has 2 aromatic rings. The summed E-state index contributed by atoms with van der Waals surface area (Å²) in [5.74, 6) is 6.06. The van der Waals surface area contributed by atoms with Gasteiger partial charge in [-0.2, -0.15) is 0 Å². The third-order valence-electron chi connectivity index (χ3n) is 4.56. The Morgan fingerprint density at radius 1 is 1.12 bits per heavy atom. The van der Waals surface area contributed by atoms with Crippen LogP contribution in [0.1, 0.15) is 54.2 Å². The van der Waals surface area contributed by atoms with Crippen molar-refractivity contribution in [3.05, 3.63) is 64.7 Å². The van der Waals surface area contributed by atoms with E-state index in [0.717, 1.165) is 24.1 Å². The van der Waals surface area contributed by atoms with E-state index in [9.17, 15) is 4.79 Å². The van der Waals surface area contributed by atoms with Gasteiger partial charge in [0.1, 0.15) is 0 Å². The highest BCUT2D eigenvalue weighted by Gasteiger charge is 2.26. The van der Waals surface area contributed by atoms with Gasteiger partial charge in [-0.15, -0.1) is 0 Å². The van der Waals surface area contributed by atoms with Gasteiger partial charge in [0.25, 0.3) is 0 Å². The number of carbonyl (C=O) groups is 1. The van der Waals surface area contributed by atoms with Crippen LogP contribution >= 0.6 is 0 Å². The van der Waals surface area contributed by atoms with Crippen LogP contribution in [0.2, 0.25) is 0 Å². The summed E-state index contributed by atoms with van der Waals surface area (Å²) in [6.45, 7) is 7.73. The van der Waals surface area contributed by atoms with E-state index in [4.69, 9.17) is 4.74 Å². The number of rotatable bonds is 2. The van der Waals surface area contributed by atoms with Crippen LogP contribution in [0.25, 0.3) is 0 Å². The number of nitrogens with one attached hydrogen (secondary N) is 1. The summed E-state index contributed by atoms with van der Waals surface area (Å²) in [6.07, 6.45) is 1.14. The molecule has 0 spiro atoms. The van der Waals surface area contributed by atoms with Crippen LogP contribution in [-0.4, -0.2) is 19.1 Å². The van der Waals surface area contributed by atoms with Gasteiger partial charge in [-0.1, -0.05) is 31.8 Å². The second kappa shape index (κ2) is 7.03.